The van der Waals surface area contributed by atoms with Gasteiger partial charge in [-0.2, -0.15) is 0 Å². The fourth-order valence-corrected chi connectivity index (χ4v) is 1.17. The van der Waals surface area contributed by atoms with Gasteiger partial charge in [-0.25, -0.2) is 0 Å². The topological polar surface area (TPSA) is 50.7 Å². The molecule has 0 aromatic heterocycles. The second-order valence-corrected chi connectivity index (χ2v) is 3.32. The summed E-state index contributed by atoms with van der Waals surface area (Å²) in [6.07, 6.45) is 0. The third-order valence-corrected chi connectivity index (χ3v) is 2.13. The molecule has 0 saturated carbocycles. The first kappa shape index (κ1) is 9.92. The van der Waals surface area contributed by atoms with Crippen molar-refractivity contribution < 1.29 is 14.6 Å². The van der Waals surface area contributed by atoms with Crippen molar-refractivity contribution in [3.05, 3.63) is 0 Å². The Labute approximate surface area is 72.9 Å². The van der Waals surface area contributed by atoms with E-state index in [4.69, 9.17) is 14.6 Å². The number of aliphatic hydroxyl groups is 1. The molecule has 0 bridgehead atoms. The molecular weight excluding hydrogens is 158 g/mol. The SMILES string of the molecule is COCCNCC1(CO)COC1. The zero-order valence-electron chi connectivity index (χ0n) is 7.51. The van der Waals surface area contributed by atoms with Crippen molar-refractivity contribution in [2.45, 2.75) is 0 Å². The maximum atomic E-state index is 9.04. The summed E-state index contributed by atoms with van der Waals surface area (Å²) in [5, 5.41) is 12.3. The predicted octanol–water partition coefficient (Wildman–Crippen LogP) is -0.769. The zero-order chi connectivity index (χ0) is 8.86. The third kappa shape index (κ3) is 2.42. The highest BCUT2D eigenvalue weighted by atomic mass is 16.5. The number of nitrogens with one attached hydrogen (secondary N) is 1. The summed E-state index contributed by atoms with van der Waals surface area (Å²) in [5.74, 6) is 0. The van der Waals surface area contributed by atoms with Crippen LogP contribution in [0.5, 0.6) is 0 Å². The molecule has 1 rings (SSSR count). The van der Waals surface area contributed by atoms with Crippen LogP contribution in [0.3, 0.4) is 0 Å². The number of hydrogen-bond donors (Lipinski definition) is 2. The molecule has 0 radical (unpaired) electrons. The summed E-state index contributed by atoms with van der Waals surface area (Å²) in [6, 6.07) is 0. The van der Waals surface area contributed by atoms with E-state index in [1.807, 2.05) is 0 Å². The van der Waals surface area contributed by atoms with Crippen molar-refractivity contribution in [1.82, 2.24) is 5.32 Å². The second kappa shape index (κ2) is 4.77. The van der Waals surface area contributed by atoms with E-state index in [1.165, 1.54) is 0 Å². The van der Waals surface area contributed by atoms with E-state index in [2.05, 4.69) is 5.32 Å². The lowest BCUT2D eigenvalue weighted by Gasteiger charge is -2.40. The monoisotopic (exact) mass is 175 g/mol. The van der Waals surface area contributed by atoms with E-state index in [1.54, 1.807) is 7.11 Å². The predicted molar refractivity (Wildman–Crippen MR) is 45.1 cm³/mol. The van der Waals surface area contributed by atoms with Crippen molar-refractivity contribution in [2.24, 2.45) is 5.41 Å². The first-order valence-electron chi connectivity index (χ1n) is 4.21. The molecule has 0 spiro atoms. The van der Waals surface area contributed by atoms with Crippen LogP contribution in [-0.2, 0) is 9.47 Å². The molecule has 0 unspecified atom stereocenters. The Morgan fingerprint density at radius 3 is 2.75 bits per heavy atom. The molecule has 1 saturated heterocycles. The molecule has 2 N–H and O–H groups in total. The van der Waals surface area contributed by atoms with Gasteiger partial charge >= 0.3 is 0 Å². The molecule has 1 heterocycles. The summed E-state index contributed by atoms with van der Waals surface area (Å²) >= 11 is 0. The molecular formula is C8H17NO3. The molecule has 12 heavy (non-hydrogen) atoms. The summed E-state index contributed by atoms with van der Waals surface area (Å²) in [6.45, 7) is 3.90. The van der Waals surface area contributed by atoms with Gasteiger partial charge in [0.25, 0.3) is 0 Å². The lowest BCUT2D eigenvalue weighted by atomic mass is 9.87. The first-order valence-corrected chi connectivity index (χ1v) is 4.21. The average Bonchev–Trinajstić information content (AvgIpc) is 2.02. The molecule has 4 nitrogen and oxygen atoms in total. The van der Waals surface area contributed by atoms with Crippen LogP contribution in [0.1, 0.15) is 0 Å². The van der Waals surface area contributed by atoms with Crippen molar-refractivity contribution in [3.63, 3.8) is 0 Å². The maximum absolute atomic E-state index is 9.04. The lowest BCUT2D eigenvalue weighted by molar-refractivity contribution is -0.134. The van der Waals surface area contributed by atoms with Gasteiger partial charge in [-0.3, -0.25) is 0 Å². The van der Waals surface area contributed by atoms with E-state index in [-0.39, 0.29) is 12.0 Å². The molecule has 0 amide bonds. The van der Waals surface area contributed by atoms with E-state index in [0.717, 1.165) is 13.1 Å². The Bertz CT molecular complexity index is 120. The van der Waals surface area contributed by atoms with Crippen LogP contribution in [0.2, 0.25) is 0 Å². The molecule has 0 aliphatic carbocycles. The maximum Gasteiger partial charge on any atom is 0.0587 e. The number of aliphatic hydroxyl groups excluding tert-OH is 1. The second-order valence-electron chi connectivity index (χ2n) is 3.32. The standard InChI is InChI=1S/C8H17NO3/c1-11-3-2-9-4-8(5-10)6-12-7-8/h9-10H,2-7H2,1H3. The molecule has 0 aromatic carbocycles. The van der Waals surface area contributed by atoms with Gasteiger partial charge in [0.1, 0.15) is 0 Å². The number of hydrogen-bond acceptors (Lipinski definition) is 4. The van der Waals surface area contributed by atoms with Crippen LogP contribution < -0.4 is 5.32 Å². The minimum atomic E-state index is -0.0201. The minimum absolute atomic E-state index is 0.0201. The number of methoxy groups -OCH3 is 1. The van der Waals surface area contributed by atoms with Crippen molar-refractivity contribution in [2.75, 3.05) is 46.6 Å². The lowest BCUT2D eigenvalue weighted by Crippen LogP contribution is -2.52. The first-order chi connectivity index (χ1) is 5.83. The zero-order valence-corrected chi connectivity index (χ0v) is 7.51. The summed E-state index contributed by atoms with van der Waals surface area (Å²) < 4.78 is 9.94. The van der Waals surface area contributed by atoms with Crippen LogP contribution >= 0.6 is 0 Å². The number of ether oxygens (including phenoxy) is 2. The van der Waals surface area contributed by atoms with Gasteiger partial charge < -0.3 is 19.9 Å². The molecule has 0 aromatic rings. The Morgan fingerprint density at radius 2 is 2.33 bits per heavy atom. The Kier molecular flexibility index (Phi) is 3.94. The van der Waals surface area contributed by atoms with Crippen LogP contribution in [0, 0.1) is 5.41 Å². The van der Waals surface area contributed by atoms with Crippen LogP contribution in [-0.4, -0.2) is 51.7 Å². The third-order valence-electron chi connectivity index (χ3n) is 2.13. The van der Waals surface area contributed by atoms with Crippen molar-refractivity contribution >= 4 is 0 Å². The highest BCUT2D eigenvalue weighted by Gasteiger charge is 2.37. The van der Waals surface area contributed by atoms with Gasteiger partial charge in [0.15, 0.2) is 0 Å². The molecule has 72 valence electrons. The van der Waals surface area contributed by atoms with E-state index < -0.39 is 0 Å². The number of rotatable bonds is 6. The highest BCUT2D eigenvalue weighted by Crippen LogP contribution is 2.25. The Balaban J connectivity index is 2.04. The van der Waals surface area contributed by atoms with Gasteiger partial charge in [-0.15, -0.1) is 0 Å². The van der Waals surface area contributed by atoms with Crippen LogP contribution in [0.15, 0.2) is 0 Å². The summed E-state index contributed by atoms with van der Waals surface area (Å²) in [7, 11) is 1.68. The molecule has 4 heteroatoms. The fraction of sp³-hybridized carbons (Fsp3) is 1.00. The Hall–Kier alpha value is -0.160. The summed E-state index contributed by atoms with van der Waals surface area (Å²) in [4.78, 5) is 0. The molecule has 1 aliphatic heterocycles. The van der Waals surface area contributed by atoms with Crippen molar-refractivity contribution in [3.8, 4) is 0 Å². The largest absolute Gasteiger partial charge is 0.396 e. The van der Waals surface area contributed by atoms with Gasteiger partial charge in [-0.05, 0) is 0 Å². The van der Waals surface area contributed by atoms with E-state index in [0.29, 0.717) is 19.8 Å². The van der Waals surface area contributed by atoms with E-state index >= 15 is 0 Å². The molecule has 0 atom stereocenters. The quantitative estimate of drug-likeness (QED) is 0.521. The van der Waals surface area contributed by atoms with Gasteiger partial charge in [0.05, 0.1) is 31.8 Å². The van der Waals surface area contributed by atoms with Crippen LogP contribution in [0.25, 0.3) is 0 Å². The normalized spacial score (nSPS) is 20.5. The van der Waals surface area contributed by atoms with E-state index in [9.17, 15) is 0 Å². The highest BCUT2D eigenvalue weighted by molar-refractivity contribution is 4.86. The van der Waals surface area contributed by atoms with Crippen molar-refractivity contribution in [1.29, 1.82) is 0 Å². The van der Waals surface area contributed by atoms with Gasteiger partial charge in [0.2, 0.25) is 0 Å². The minimum Gasteiger partial charge on any atom is -0.396 e. The van der Waals surface area contributed by atoms with Gasteiger partial charge in [-0.1, -0.05) is 0 Å². The van der Waals surface area contributed by atoms with Gasteiger partial charge in [0, 0.05) is 20.2 Å². The molecule has 1 fully saturated rings. The Morgan fingerprint density at radius 1 is 1.58 bits per heavy atom. The van der Waals surface area contributed by atoms with Crippen LogP contribution in [0.4, 0.5) is 0 Å². The fourth-order valence-electron chi connectivity index (χ4n) is 1.17. The smallest absolute Gasteiger partial charge is 0.0587 e. The summed E-state index contributed by atoms with van der Waals surface area (Å²) in [5.41, 5.74) is -0.0201. The molecule has 1 aliphatic rings. The average molecular weight is 175 g/mol.